The summed E-state index contributed by atoms with van der Waals surface area (Å²) in [6, 6.07) is 9.55. The summed E-state index contributed by atoms with van der Waals surface area (Å²) in [6.45, 7) is 3.74. The Morgan fingerprint density at radius 2 is 1.56 bits per heavy atom. The van der Waals surface area contributed by atoms with Crippen LogP contribution >= 0.6 is 0 Å². The molecule has 0 aliphatic carbocycles. The molecule has 8 nitrogen and oxygen atoms in total. The number of ether oxygens (including phenoxy) is 4. The quantitative estimate of drug-likeness (QED) is 0.596. The van der Waals surface area contributed by atoms with Crippen LogP contribution in [0.2, 0.25) is 0 Å². The van der Waals surface area contributed by atoms with Gasteiger partial charge in [-0.05, 0) is 17.5 Å². The molecule has 144 valence electrons. The zero-order valence-electron chi connectivity index (χ0n) is 15.3. The Morgan fingerprint density at radius 1 is 0.926 bits per heavy atom. The van der Waals surface area contributed by atoms with Crippen molar-refractivity contribution in [3.05, 3.63) is 36.5 Å². The highest BCUT2D eigenvalue weighted by molar-refractivity contribution is 5.80. The molecule has 0 radical (unpaired) electrons. The molecule has 0 unspecified atom stereocenters. The normalized spacial score (nSPS) is 25.0. The van der Waals surface area contributed by atoms with Crippen molar-refractivity contribution in [2.75, 3.05) is 6.61 Å². The van der Waals surface area contributed by atoms with Crippen LogP contribution in [0.3, 0.4) is 0 Å². The average molecular weight is 375 g/mol. The molecule has 0 saturated carbocycles. The Labute approximate surface area is 155 Å². The molecule has 0 bridgehead atoms. The van der Waals surface area contributed by atoms with Gasteiger partial charge in [-0.25, -0.2) is 0 Å². The van der Waals surface area contributed by atoms with Crippen LogP contribution in [0.5, 0.6) is 0 Å². The Bertz CT molecular complexity index is 859. The first-order valence-electron chi connectivity index (χ1n) is 8.55. The summed E-state index contributed by atoms with van der Waals surface area (Å²) < 4.78 is 23.7. The number of hydrogen-bond acceptors (Lipinski definition) is 7. The number of rotatable bonds is 4. The number of fused-ring (bicyclic) bond motifs is 1. The maximum Gasteiger partial charge on any atom is 0.303 e. The van der Waals surface area contributed by atoms with Crippen molar-refractivity contribution in [1.29, 1.82) is 0 Å². The molecular weight excluding hydrogens is 354 g/mol. The number of carbonyl (C=O) groups is 3. The molecule has 2 aromatic rings. The number of esters is 3. The van der Waals surface area contributed by atoms with Crippen molar-refractivity contribution >= 4 is 28.8 Å². The minimum Gasteiger partial charge on any atom is -0.456 e. The number of para-hydroxylation sites is 1. The first-order valence-corrected chi connectivity index (χ1v) is 8.55. The summed E-state index contributed by atoms with van der Waals surface area (Å²) >= 11 is 0. The molecule has 2 heterocycles. The Morgan fingerprint density at radius 3 is 2.22 bits per heavy atom. The number of aromatic nitrogens is 1. The van der Waals surface area contributed by atoms with Crippen LogP contribution in [0.1, 0.15) is 27.0 Å². The highest BCUT2D eigenvalue weighted by Crippen LogP contribution is 2.33. The molecule has 1 fully saturated rings. The van der Waals surface area contributed by atoms with Gasteiger partial charge in [0.2, 0.25) is 0 Å². The second kappa shape index (κ2) is 7.79. The minimum absolute atomic E-state index is 0.00748. The molecule has 1 aromatic heterocycles. The van der Waals surface area contributed by atoms with Crippen LogP contribution in [-0.4, -0.2) is 47.4 Å². The van der Waals surface area contributed by atoms with Crippen molar-refractivity contribution in [2.45, 2.75) is 45.3 Å². The van der Waals surface area contributed by atoms with Gasteiger partial charge in [0.25, 0.3) is 0 Å². The largest absolute Gasteiger partial charge is 0.456 e. The number of hydrogen-bond donors (Lipinski definition) is 0. The molecule has 0 amide bonds. The predicted molar refractivity (Wildman–Crippen MR) is 93.6 cm³/mol. The van der Waals surface area contributed by atoms with Gasteiger partial charge < -0.3 is 23.5 Å². The van der Waals surface area contributed by atoms with Gasteiger partial charge >= 0.3 is 17.9 Å². The summed E-state index contributed by atoms with van der Waals surface area (Å²) in [5.74, 6) is -1.69. The number of benzene rings is 1. The van der Waals surface area contributed by atoms with E-state index in [1.54, 1.807) is 0 Å². The Balaban J connectivity index is 2.01. The van der Waals surface area contributed by atoms with E-state index >= 15 is 0 Å². The molecule has 1 aliphatic heterocycles. The lowest BCUT2D eigenvalue weighted by molar-refractivity contribution is -0.239. The maximum atomic E-state index is 11.7. The molecule has 0 N–H and O–H groups in total. The summed E-state index contributed by atoms with van der Waals surface area (Å²) in [7, 11) is 0. The van der Waals surface area contributed by atoms with Crippen molar-refractivity contribution in [2.24, 2.45) is 0 Å². The smallest absolute Gasteiger partial charge is 0.303 e. The van der Waals surface area contributed by atoms with Crippen LogP contribution in [0.15, 0.2) is 36.5 Å². The minimum atomic E-state index is -0.991. The fourth-order valence-electron chi connectivity index (χ4n) is 3.29. The summed E-state index contributed by atoms with van der Waals surface area (Å²) in [4.78, 5) is 34.8. The highest BCUT2D eigenvalue weighted by Gasteiger charge is 2.47. The van der Waals surface area contributed by atoms with Crippen LogP contribution in [0.25, 0.3) is 10.9 Å². The Kier molecular flexibility index (Phi) is 5.46. The second-order valence-electron chi connectivity index (χ2n) is 6.30. The van der Waals surface area contributed by atoms with Crippen LogP contribution in [0.4, 0.5) is 0 Å². The molecule has 4 atom stereocenters. The second-order valence-corrected chi connectivity index (χ2v) is 6.30. The zero-order chi connectivity index (χ0) is 19.6. The molecule has 8 heteroatoms. The van der Waals surface area contributed by atoms with E-state index in [9.17, 15) is 14.4 Å². The Hall–Kier alpha value is -2.87. The fraction of sp³-hybridized carbons (Fsp3) is 0.421. The molecule has 1 aromatic carbocycles. The first-order chi connectivity index (χ1) is 12.9. The molecule has 3 rings (SSSR count). The highest BCUT2D eigenvalue weighted by atomic mass is 16.6. The van der Waals surface area contributed by atoms with E-state index in [0.717, 1.165) is 10.9 Å². The van der Waals surface area contributed by atoms with E-state index in [4.69, 9.17) is 18.9 Å². The summed E-state index contributed by atoms with van der Waals surface area (Å²) in [6.07, 6.45) is -1.79. The van der Waals surface area contributed by atoms with Gasteiger partial charge in [-0.15, -0.1) is 0 Å². The fourth-order valence-corrected chi connectivity index (χ4v) is 3.29. The predicted octanol–water partition coefficient (Wildman–Crippen LogP) is 1.97. The lowest BCUT2D eigenvalue weighted by Crippen LogP contribution is -2.55. The van der Waals surface area contributed by atoms with Gasteiger partial charge in [0.1, 0.15) is 0 Å². The standard InChI is InChI=1S/C19H21NO7/c1-11(21)25-16-10-24-19(18(27-13(3)23)17(16)26-12(2)22)20-9-8-14-6-4-5-7-15(14)20/h4-9,16-19H,10H2,1-3H3/t16-,17+,18+,19+/m0/s1. The molecule has 27 heavy (non-hydrogen) atoms. The van der Waals surface area contributed by atoms with Crippen molar-refractivity contribution in [1.82, 2.24) is 4.57 Å². The topological polar surface area (TPSA) is 93.1 Å². The van der Waals surface area contributed by atoms with Gasteiger partial charge in [-0.1, -0.05) is 18.2 Å². The van der Waals surface area contributed by atoms with Crippen LogP contribution < -0.4 is 0 Å². The third-order valence-corrected chi connectivity index (χ3v) is 4.23. The van der Waals surface area contributed by atoms with E-state index in [2.05, 4.69) is 0 Å². The van der Waals surface area contributed by atoms with E-state index in [0.29, 0.717) is 0 Å². The van der Waals surface area contributed by atoms with Crippen molar-refractivity contribution < 1.29 is 33.3 Å². The summed E-state index contributed by atoms with van der Waals surface area (Å²) in [5, 5.41) is 0.980. The lowest BCUT2D eigenvalue weighted by atomic mass is 10.0. The van der Waals surface area contributed by atoms with E-state index in [1.807, 2.05) is 41.1 Å². The molecule has 1 saturated heterocycles. The van der Waals surface area contributed by atoms with Gasteiger partial charge in [-0.2, -0.15) is 0 Å². The number of carbonyl (C=O) groups excluding carboxylic acids is 3. The van der Waals surface area contributed by atoms with E-state index in [1.165, 1.54) is 20.8 Å². The average Bonchev–Trinajstić information content (AvgIpc) is 3.00. The first kappa shape index (κ1) is 18.9. The molecule has 1 aliphatic rings. The molecular formula is C19H21NO7. The van der Waals surface area contributed by atoms with Crippen LogP contribution in [-0.2, 0) is 33.3 Å². The van der Waals surface area contributed by atoms with Gasteiger partial charge in [0.15, 0.2) is 24.5 Å². The lowest BCUT2D eigenvalue weighted by Gasteiger charge is -2.41. The van der Waals surface area contributed by atoms with E-state index < -0.39 is 42.4 Å². The van der Waals surface area contributed by atoms with Crippen LogP contribution in [0, 0.1) is 0 Å². The van der Waals surface area contributed by atoms with E-state index in [-0.39, 0.29) is 6.61 Å². The summed E-state index contributed by atoms with van der Waals surface area (Å²) in [5.41, 5.74) is 0.868. The number of nitrogens with zero attached hydrogens (tertiary/aromatic N) is 1. The zero-order valence-corrected chi connectivity index (χ0v) is 15.3. The van der Waals surface area contributed by atoms with Gasteiger partial charge in [0, 0.05) is 27.0 Å². The van der Waals surface area contributed by atoms with Gasteiger partial charge in [0.05, 0.1) is 12.1 Å². The third kappa shape index (κ3) is 4.11. The van der Waals surface area contributed by atoms with Gasteiger partial charge in [-0.3, -0.25) is 14.4 Å². The van der Waals surface area contributed by atoms with Crippen molar-refractivity contribution in [3.63, 3.8) is 0 Å². The SMILES string of the molecule is CC(=O)O[C@@H]1[C@H](OC(C)=O)[C@@H](OC(C)=O)CO[C@H]1n1ccc2ccccc21. The molecule has 0 spiro atoms. The van der Waals surface area contributed by atoms with Crippen molar-refractivity contribution in [3.8, 4) is 0 Å². The monoisotopic (exact) mass is 375 g/mol. The third-order valence-electron chi connectivity index (χ3n) is 4.23. The maximum absolute atomic E-state index is 11.7.